The van der Waals surface area contributed by atoms with E-state index in [9.17, 15) is 18.7 Å². The molecular formula is C37H46F2N8O4. The van der Waals surface area contributed by atoms with E-state index in [-0.39, 0.29) is 18.0 Å². The maximum Gasteiger partial charge on any atom is 0.340 e. The lowest BCUT2D eigenvalue weighted by atomic mass is 9.86. The maximum absolute atomic E-state index is 15.0. The summed E-state index contributed by atoms with van der Waals surface area (Å²) in [5.41, 5.74) is 8.66. The van der Waals surface area contributed by atoms with Crippen LogP contribution in [0.15, 0.2) is 71.7 Å². The molecule has 4 heterocycles. The van der Waals surface area contributed by atoms with Crippen LogP contribution in [-0.2, 0) is 10.3 Å². The Morgan fingerprint density at radius 2 is 1.65 bits per heavy atom. The summed E-state index contributed by atoms with van der Waals surface area (Å²) in [5.74, 6) is -0.477. The summed E-state index contributed by atoms with van der Waals surface area (Å²) in [6, 6.07) is 19.4. The van der Waals surface area contributed by atoms with Gasteiger partial charge in [-0.15, -0.1) is 0 Å². The van der Waals surface area contributed by atoms with Crippen LogP contribution in [0.25, 0.3) is 0 Å². The number of carbonyl (C=O) groups is 1. The first-order chi connectivity index (χ1) is 24.7. The van der Waals surface area contributed by atoms with Gasteiger partial charge >= 0.3 is 6.03 Å². The molecule has 12 nitrogen and oxygen atoms in total. The molecule has 0 bridgehead atoms. The van der Waals surface area contributed by atoms with Crippen molar-refractivity contribution in [2.24, 2.45) is 10.9 Å². The average molecular weight is 705 g/mol. The van der Waals surface area contributed by atoms with Crippen molar-refractivity contribution in [3.05, 3.63) is 83.9 Å². The normalized spacial score (nSPS) is 23.4. The number of hydrogen-bond acceptors (Lipinski definition) is 10. The molecule has 0 saturated carbocycles. The quantitative estimate of drug-likeness (QED) is 0.255. The number of anilines is 3. The van der Waals surface area contributed by atoms with E-state index in [0.717, 1.165) is 55.1 Å². The largest absolute Gasteiger partial charge is 0.493 e. The van der Waals surface area contributed by atoms with Crippen LogP contribution in [0, 0.1) is 17.6 Å². The Morgan fingerprint density at radius 3 is 2.25 bits per heavy atom. The third-order valence-corrected chi connectivity index (χ3v) is 10.3. The Morgan fingerprint density at radius 1 is 0.980 bits per heavy atom. The molecule has 0 unspecified atom stereocenters. The van der Waals surface area contributed by atoms with Gasteiger partial charge in [-0.2, -0.15) is 0 Å². The van der Waals surface area contributed by atoms with Crippen molar-refractivity contribution in [1.29, 1.82) is 0 Å². The van der Waals surface area contributed by atoms with E-state index in [1.807, 2.05) is 31.2 Å². The van der Waals surface area contributed by atoms with E-state index >= 15 is 0 Å². The number of benzene rings is 3. The predicted octanol–water partition coefficient (Wildman–Crippen LogP) is 4.27. The number of aliphatic hydroxyl groups excluding tert-OH is 1. The van der Waals surface area contributed by atoms with E-state index in [1.54, 1.807) is 23.2 Å². The van der Waals surface area contributed by atoms with Crippen LogP contribution in [0.1, 0.15) is 32.3 Å². The molecule has 0 aromatic heterocycles. The first-order valence-corrected chi connectivity index (χ1v) is 17.7. The van der Waals surface area contributed by atoms with Crippen molar-refractivity contribution in [2.45, 2.75) is 44.4 Å². The number of rotatable bonds is 12. The van der Waals surface area contributed by atoms with Crippen LogP contribution in [0.5, 0.6) is 5.75 Å². The van der Waals surface area contributed by atoms with Crippen molar-refractivity contribution in [2.75, 3.05) is 74.0 Å². The number of halogens is 2. The molecule has 51 heavy (non-hydrogen) atoms. The van der Waals surface area contributed by atoms with Gasteiger partial charge in [0.05, 0.1) is 38.6 Å². The molecule has 4 aliphatic rings. The minimum Gasteiger partial charge on any atom is -0.493 e. The highest BCUT2D eigenvalue weighted by atomic mass is 19.1. The Hall–Kier alpha value is -4.50. The summed E-state index contributed by atoms with van der Waals surface area (Å²) >= 11 is 0. The number of aliphatic imine (C=N–C) groups is 1. The number of hydrogen-bond donors (Lipinski definition) is 3. The molecule has 3 aromatic rings. The van der Waals surface area contributed by atoms with Crippen LogP contribution >= 0.6 is 0 Å². The van der Waals surface area contributed by atoms with Gasteiger partial charge in [0.2, 0.25) is 0 Å². The van der Waals surface area contributed by atoms with Crippen LogP contribution in [0.4, 0.5) is 30.6 Å². The lowest BCUT2D eigenvalue weighted by molar-refractivity contribution is -0.0233. The lowest BCUT2D eigenvalue weighted by Gasteiger charge is -2.37. The zero-order valence-electron chi connectivity index (χ0n) is 29.0. The molecule has 2 amide bonds. The molecule has 3 aromatic carbocycles. The van der Waals surface area contributed by atoms with Gasteiger partial charge in [-0.25, -0.2) is 24.4 Å². The van der Waals surface area contributed by atoms with Crippen molar-refractivity contribution in [3.8, 4) is 5.75 Å². The van der Waals surface area contributed by atoms with Gasteiger partial charge in [0.15, 0.2) is 0 Å². The summed E-state index contributed by atoms with van der Waals surface area (Å²) in [5, 5.41) is 13.4. The number of amides is 2. The smallest absolute Gasteiger partial charge is 0.340 e. The van der Waals surface area contributed by atoms with Gasteiger partial charge in [0.1, 0.15) is 36.0 Å². The lowest BCUT2D eigenvalue weighted by Crippen LogP contribution is -2.48. The predicted molar refractivity (Wildman–Crippen MR) is 192 cm³/mol. The van der Waals surface area contributed by atoms with Gasteiger partial charge in [-0.05, 0) is 74.4 Å². The van der Waals surface area contributed by atoms with E-state index in [1.165, 1.54) is 17.1 Å². The number of nitrogens with zero attached hydrogens (tertiary/aromatic N) is 6. The van der Waals surface area contributed by atoms with Gasteiger partial charge in [-0.3, -0.25) is 19.9 Å². The summed E-state index contributed by atoms with van der Waals surface area (Å²) < 4.78 is 41.2. The number of urea groups is 1. The summed E-state index contributed by atoms with van der Waals surface area (Å²) in [6.45, 7) is 9.06. The highest BCUT2D eigenvalue weighted by Crippen LogP contribution is 2.41. The second-order valence-corrected chi connectivity index (χ2v) is 13.7. The Balaban J connectivity index is 0.900. The van der Waals surface area contributed by atoms with Crippen molar-refractivity contribution in [1.82, 2.24) is 20.9 Å². The highest BCUT2D eigenvalue weighted by Gasteiger charge is 2.45. The average Bonchev–Trinajstić information content (AvgIpc) is 3.90. The standard InChI is InChI=1S/C37H46F2N8O4/c1-3-35(26(2)48)47-36(49)46(25-42-47)31-7-5-29(6-8-31)43-14-16-44(17-15-43)30-9-11-32(12-10-30)50-20-27-19-37(51-21-27,22-45-24-40-23-41-45)33-13-4-28(38)18-34(33)39/h4-13,18,24,26-27,35,41-42,48H,3,14-17,19-23,25H2,1-2H3/t26-,27+,35-,37-/m0/s1. The van der Waals surface area contributed by atoms with Gasteiger partial charge in [-0.1, -0.05) is 13.0 Å². The molecule has 3 saturated heterocycles. The Bertz CT molecular complexity index is 1690. The number of nitrogens with one attached hydrogen (secondary N) is 2. The topological polar surface area (TPSA) is 108 Å². The molecule has 7 rings (SSSR count). The highest BCUT2D eigenvalue weighted by molar-refractivity contribution is 5.93. The molecule has 0 aliphatic carbocycles. The first-order valence-electron chi connectivity index (χ1n) is 17.7. The first kappa shape index (κ1) is 34.9. The van der Waals surface area contributed by atoms with Gasteiger partial charge in [0, 0.05) is 60.8 Å². The second kappa shape index (κ2) is 15.0. The van der Waals surface area contributed by atoms with E-state index < -0.39 is 23.3 Å². The van der Waals surface area contributed by atoms with E-state index in [4.69, 9.17) is 9.47 Å². The van der Waals surface area contributed by atoms with Crippen LogP contribution in [0.2, 0.25) is 0 Å². The minimum atomic E-state index is -0.965. The van der Waals surface area contributed by atoms with Gasteiger partial charge in [0.25, 0.3) is 0 Å². The van der Waals surface area contributed by atoms with Crippen molar-refractivity contribution < 1.29 is 28.2 Å². The molecule has 4 aliphatic heterocycles. The summed E-state index contributed by atoms with van der Waals surface area (Å²) in [7, 11) is 0. The second-order valence-electron chi connectivity index (χ2n) is 13.7. The third kappa shape index (κ3) is 7.45. The summed E-state index contributed by atoms with van der Waals surface area (Å²) in [4.78, 5) is 23.6. The van der Waals surface area contributed by atoms with E-state index in [2.05, 4.69) is 49.9 Å². The van der Waals surface area contributed by atoms with Crippen molar-refractivity contribution in [3.63, 3.8) is 0 Å². The molecular weight excluding hydrogens is 658 g/mol. The fourth-order valence-electron chi connectivity index (χ4n) is 7.54. The molecule has 272 valence electrons. The Labute approximate surface area is 297 Å². The number of hydrazine groups is 2. The fourth-order valence-corrected chi connectivity index (χ4v) is 7.54. The number of ether oxygens (including phenoxy) is 2. The zero-order valence-corrected chi connectivity index (χ0v) is 29.0. The van der Waals surface area contributed by atoms with Gasteiger partial charge < -0.3 is 24.4 Å². The molecule has 3 N–H and O–H groups in total. The van der Waals surface area contributed by atoms with Crippen LogP contribution < -0.4 is 30.3 Å². The number of piperazine rings is 1. The minimum absolute atomic E-state index is 0.0153. The van der Waals surface area contributed by atoms with Crippen molar-refractivity contribution >= 4 is 29.4 Å². The molecule has 14 heteroatoms. The Kier molecular flexibility index (Phi) is 10.3. The SMILES string of the molecule is CC[C@@H]([C@H](C)O)N1NCN(c2ccc(N3CCN(c4ccc(OC[C@@H]5CO[C@@](CN6C=NCN6)(c6ccc(F)cc6F)C5)cc4)CC3)cc2)C1=O. The number of carbonyl (C=O) groups excluding carboxylic acids is 1. The molecule has 4 atom stereocenters. The number of aliphatic hydroxyl groups is 1. The zero-order chi connectivity index (χ0) is 35.5. The summed E-state index contributed by atoms with van der Waals surface area (Å²) in [6.07, 6.45) is 2.22. The fraction of sp³-hybridized carbons (Fsp3) is 0.459. The molecule has 0 radical (unpaired) electrons. The van der Waals surface area contributed by atoms with Crippen LogP contribution in [0.3, 0.4) is 0 Å². The monoisotopic (exact) mass is 704 g/mol. The maximum atomic E-state index is 15.0. The molecule has 0 spiro atoms. The van der Waals surface area contributed by atoms with E-state index in [0.29, 0.717) is 51.5 Å². The van der Waals surface area contributed by atoms with Crippen LogP contribution in [-0.4, -0.2) is 98.9 Å². The molecule has 3 fully saturated rings. The third-order valence-electron chi connectivity index (χ3n) is 10.3.